The number of benzene rings is 2. The molecule has 0 saturated heterocycles. The first kappa shape index (κ1) is 18.9. The molecule has 0 aliphatic carbocycles. The van der Waals surface area contributed by atoms with Crippen LogP contribution in [0.4, 0.5) is 18.9 Å². The van der Waals surface area contributed by atoms with Crippen molar-refractivity contribution in [3.8, 4) is 0 Å². The summed E-state index contributed by atoms with van der Waals surface area (Å²) in [5, 5.41) is 12.3. The summed E-state index contributed by atoms with van der Waals surface area (Å²) in [5.74, 6) is -2.23. The summed E-state index contributed by atoms with van der Waals surface area (Å²) in [4.78, 5) is 23.1. The first-order chi connectivity index (χ1) is 11.8. The molecule has 0 aromatic heterocycles. The van der Waals surface area contributed by atoms with Crippen LogP contribution in [0, 0.1) is 0 Å². The fourth-order valence-electron chi connectivity index (χ4n) is 2.05. The minimum absolute atomic E-state index is 0.188. The fraction of sp³-hybridized carbons (Fsp3) is 0.176. The second kappa shape index (κ2) is 8.06. The van der Waals surface area contributed by atoms with Gasteiger partial charge in [-0.1, -0.05) is 30.3 Å². The predicted octanol–water partition coefficient (Wildman–Crippen LogP) is 2.87. The van der Waals surface area contributed by atoms with Crippen LogP contribution in [0.1, 0.15) is 16.4 Å². The lowest BCUT2D eigenvalue weighted by atomic mass is 10.1. The van der Waals surface area contributed by atoms with Gasteiger partial charge in [0, 0.05) is 11.4 Å². The SMILES string of the molecule is O=C([O-])CS[C@H](C(=O)Nc1ccc(C(F)(F)F)cc1)c1ccccc1. The molecule has 1 amide bonds. The number of carbonyl (C=O) groups excluding carboxylic acids is 2. The Bertz CT molecular complexity index is 733. The molecule has 0 fully saturated rings. The van der Waals surface area contributed by atoms with Crippen LogP contribution in [0.5, 0.6) is 0 Å². The predicted molar refractivity (Wildman–Crippen MR) is 86.7 cm³/mol. The maximum Gasteiger partial charge on any atom is 0.416 e. The molecule has 0 heterocycles. The lowest BCUT2D eigenvalue weighted by Gasteiger charge is -2.17. The van der Waals surface area contributed by atoms with E-state index < -0.39 is 28.9 Å². The van der Waals surface area contributed by atoms with Crippen molar-refractivity contribution in [2.45, 2.75) is 11.4 Å². The van der Waals surface area contributed by atoms with Gasteiger partial charge in [0.1, 0.15) is 5.25 Å². The lowest BCUT2D eigenvalue weighted by molar-refractivity contribution is -0.301. The number of carbonyl (C=O) groups is 2. The van der Waals surface area contributed by atoms with E-state index in [4.69, 9.17) is 0 Å². The summed E-state index contributed by atoms with van der Waals surface area (Å²) in [7, 11) is 0. The van der Waals surface area contributed by atoms with Crippen molar-refractivity contribution in [2.24, 2.45) is 0 Å². The number of halogens is 3. The number of amides is 1. The van der Waals surface area contributed by atoms with Gasteiger partial charge in [0.15, 0.2) is 0 Å². The molecule has 4 nitrogen and oxygen atoms in total. The van der Waals surface area contributed by atoms with Gasteiger partial charge < -0.3 is 15.2 Å². The van der Waals surface area contributed by atoms with Crippen molar-refractivity contribution in [3.05, 3.63) is 65.7 Å². The van der Waals surface area contributed by atoms with Crippen LogP contribution < -0.4 is 10.4 Å². The summed E-state index contributed by atoms with van der Waals surface area (Å²) in [6.07, 6.45) is -4.46. The fourth-order valence-corrected chi connectivity index (χ4v) is 2.92. The Balaban J connectivity index is 2.15. The molecular weight excluding hydrogens is 355 g/mol. The van der Waals surface area contributed by atoms with Gasteiger partial charge in [0.25, 0.3) is 0 Å². The van der Waals surface area contributed by atoms with E-state index in [-0.39, 0.29) is 11.4 Å². The molecule has 8 heteroatoms. The minimum Gasteiger partial charge on any atom is -0.549 e. The van der Waals surface area contributed by atoms with Crippen LogP contribution in [-0.2, 0) is 15.8 Å². The number of carboxylic acid groups (broad SMARTS) is 1. The molecule has 0 unspecified atom stereocenters. The Kier molecular flexibility index (Phi) is 6.08. The van der Waals surface area contributed by atoms with Gasteiger partial charge >= 0.3 is 6.18 Å². The minimum atomic E-state index is -4.46. The van der Waals surface area contributed by atoms with Gasteiger partial charge in [-0.2, -0.15) is 13.2 Å². The molecule has 0 aliphatic rings. The molecule has 132 valence electrons. The second-order valence-corrected chi connectivity index (χ2v) is 6.13. The van der Waals surface area contributed by atoms with Gasteiger partial charge in [0.2, 0.25) is 5.91 Å². The number of alkyl halides is 3. The first-order valence-corrected chi connectivity index (χ1v) is 8.17. The Morgan fingerprint density at radius 3 is 2.16 bits per heavy atom. The second-order valence-electron chi connectivity index (χ2n) is 5.04. The number of carboxylic acids is 1. The van der Waals surface area contributed by atoms with Crippen molar-refractivity contribution >= 4 is 29.3 Å². The van der Waals surface area contributed by atoms with E-state index in [2.05, 4.69) is 5.32 Å². The zero-order chi connectivity index (χ0) is 18.4. The Labute approximate surface area is 146 Å². The highest BCUT2D eigenvalue weighted by atomic mass is 32.2. The van der Waals surface area contributed by atoms with E-state index in [1.165, 1.54) is 0 Å². The Morgan fingerprint density at radius 1 is 1.04 bits per heavy atom. The summed E-state index contributed by atoms with van der Waals surface area (Å²) in [5.41, 5.74) is -0.0532. The molecule has 2 aromatic carbocycles. The number of rotatable bonds is 6. The quantitative estimate of drug-likeness (QED) is 0.851. The monoisotopic (exact) mass is 368 g/mol. The van der Waals surface area contributed by atoms with Gasteiger partial charge in [-0.25, -0.2) is 0 Å². The third-order valence-electron chi connectivity index (χ3n) is 3.19. The Hall–Kier alpha value is -2.48. The van der Waals surface area contributed by atoms with Crippen molar-refractivity contribution < 1.29 is 27.9 Å². The molecular formula is C17H13F3NO3S-. The van der Waals surface area contributed by atoms with E-state index in [1.807, 2.05) is 0 Å². The highest BCUT2D eigenvalue weighted by molar-refractivity contribution is 8.00. The van der Waals surface area contributed by atoms with Crippen LogP contribution in [0.3, 0.4) is 0 Å². The van der Waals surface area contributed by atoms with Crippen LogP contribution in [-0.4, -0.2) is 17.6 Å². The molecule has 0 radical (unpaired) electrons. The van der Waals surface area contributed by atoms with Gasteiger partial charge in [-0.15, -0.1) is 11.8 Å². The third kappa shape index (κ3) is 5.53. The summed E-state index contributed by atoms with van der Waals surface area (Å²) in [6, 6.07) is 12.5. The zero-order valence-corrected chi connectivity index (χ0v) is 13.6. The number of aliphatic carboxylic acids is 1. The average Bonchev–Trinajstić information content (AvgIpc) is 2.55. The highest BCUT2D eigenvalue weighted by Crippen LogP contribution is 2.32. The van der Waals surface area contributed by atoms with Crippen molar-refractivity contribution in [3.63, 3.8) is 0 Å². The van der Waals surface area contributed by atoms with Crippen molar-refractivity contribution in [2.75, 3.05) is 11.1 Å². The van der Waals surface area contributed by atoms with E-state index in [9.17, 15) is 27.9 Å². The third-order valence-corrected chi connectivity index (χ3v) is 4.41. The van der Waals surface area contributed by atoms with E-state index in [1.54, 1.807) is 30.3 Å². The first-order valence-electron chi connectivity index (χ1n) is 7.12. The molecule has 2 rings (SSSR count). The average molecular weight is 368 g/mol. The molecule has 1 N–H and O–H groups in total. The number of thioether (sulfide) groups is 1. The topological polar surface area (TPSA) is 69.2 Å². The van der Waals surface area contributed by atoms with E-state index in [0.29, 0.717) is 5.56 Å². The van der Waals surface area contributed by atoms with Crippen LogP contribution in [0.2, 0.25) is 0 Å². The van der Waals surface area contributed by atoms with Crippen LogP contribution >= 0.6 is 11.8 Å². The van der Waals surface area contributed by atoms with Gasteiger partial charge in [-0.05, 0) is 29.8 Å². The number of nitrogens with one attached hydrogen (secondary N) is 1. The van der Waals surface area contributed by atoms with Crippen molar-refractivity contribution in [1.29, 1.82) is 0 Å². The summed E-state index contributed by atoms with van der Waals surface area (Å²) in [6.45, 7) is 0. The zero-order valence-electron chi connectivity index (χ0n) is 12.7. The summed E-state index contributed by atoms with van der Waals surface area (Å²) >= 11 is 0.863. The molecule has 0 spiro atoms. The van der Waals surface area contributed by atoms with Crippen LogP contribution in [0.15, 0.2) is 54.6 Å². The molecule has 1 atom stereocenters. The normalized spacial score (nSPS) is 12.4. The maximum atomic E-state index is 12.6. The van der Waals surface area contributed by atoms with Crippen molar-refractivity contribution in [1.82, 2.24) is 0 Å². The number of anilines is 1. The molecule has 0 saturated carbocycles. The summed E-state index contributed by atoms with van der Waals surface area (Å²) < 4.78 is 37.7. The number of hydrogen-bond donors (Lipinski definition) is 1. The smallest absolute Gasteiger partial charge is 0.416 e. The van der Waals surface area contributed by atoms with E-state index in [0.717, 1.165) is 36.0 Å². The molecule has 2 aromatic rings. The standard InChI is InChI=1S/C17H14F3NO3S/c18-17(19,20)12-6-8-13(9-7-12)21-16(24)15(25-10-14(22)23)11-4-2-1-3-5-11/h1-9,15H,10H2,(H,21,24)(H,22,23)/p-1/t15-/m0/s1. The highest BCUT2D eigenvalue weighted by Gasteiger charge is 2.30. The largest absolute Gasteiger partial charge is 0.549 e. The van der Waals surface area contributed by atoms with E-state index >= 15 is 0 Å². The molecule has 0 aliphatic heterocycles. The molecule has 0 bridgehead atoms. The lowest BCUT2D eigenvalue weighted by Crippen LogP contribution is -2.27. The van der Waals surface area contributed by atoms with Crippen LogP contribution in [0.25, 0.3) is 0 Å². The molecule has 25 heavy (non-hydrogen) atoms. The van der Waals surface area contributed by atoms with Gasteiger partial charge in [-0.3, -0.25) is 4.79 Å². The van der Waals surface area contributed by atoms with Gasteiger partial charge in [0.05, 0.1) is 11.5 Å². The Morgan fingerprint density at radius 2 is 1.64 bits per heavy atom. The number of hydrogen-bond acceptors (Lipinski definition) is 4. The maximum absolute atomic E-state index is 12.6.